The lowest BCUT2D eigenvalue weighted by Crippen LogP contribution is -2.21. The van der Waals surface area contributed by atoms with Gasteiger partial charge in [-0.1, -0.05) is 6.42 Å². The van der Waals surface area contributed by atoms with Crippen LogP contribution < -0.4 is 5.32 Å². The minimum absolute atomic E-state index is 1.13. The molecule has 2 heterocycles. The third-order valence-electron chi connectivity index (χ3n) is 1.76. The average Bonchev–Trinajstić information content (AvgIpc) is 2.60. The van der Waals surface area contributed by atoms with E-state index < -0.39 is 0 Å². The second-order valence-corrected chi connectivity index (χ2v) is 3.96. The van der Waals surface area contributed by atoms with Crippen LogP contribution in [-0.4, -0.2) is 18.1 Å². The second-order valence-electron chi connectivity index (χ2n) is 2.86. The van der Waals surface area contributed by atoms with Crippen LogP contribution in [0.3, 0.4) is 0 Å². The van der Waals surface area contributed by atoms with Gasteiger partial charge >= 0.3 is 0 Å². The first-order valence-electron chi connectivity index (χ1n) is 4.46. The molecule has 3 heteroatoms. The Kier molecular flexibility index (Phi) is 4.95. The van der Waals surface area contributed by atoms with E-state index in [0.717, 1.165) is 5.01 Å². The van der Waals surface area contributed by atoms with Crippen molar-refractivity contribution in [3.63, 3.8) is 0 Å². The molecule has 0 spiro atoms. The summed E-state index contributed by atoms with van der Waals surface area (Å²) in [6, 6.07) is 0. The number of aromatic nitrogens is 1. The average molecular weight is 184 g/mol. The molecule has 0 aromatic carbocycles. The molecule has 0 aliphatic carbocycles. The Morgan fingerprint density at radius 1 is 1.33 bits per heavy atom. The predicted molar refractivity (Wildman–Crippen MR) is 53.6 cm³/mol. The van der Waals surface area contributed by atoms with Crippen LogP contribution in [0, 0.1) is 6.92 Å². The van der Waals surface area contributed by atoms with E-state index in [1.807, 2.05) is 12.3 Å². The molecular weight excluding hydrogens is 168 g/mol. The monoisotopic (exact) mass is 184 g/mol. The van der Waals surface area contributed by atoms with Crippen LogP contribution in [0.25, 0.3) is 0 Å². The van der Waals surface area contributed by atoms with E-state index in [1.165, 1.54) is 32.4 Å². The molecule has 0 saturated carbocycles. The molecule has 1 saturated heterocycles. The lowest BCUT2D eigenvalue weighted by molar-refractivity contribution is 0.520. The number of nitrogens with zero attached hydrogens (tertiary/aromatic N) is 1. The van der Waals surface area contributed by atoms with Gasteiger partial charge in [-0.3, -0.25) is 4.98 Å². The largest absolute Gasteiger partial charge is 0.317 e. The smallest absolute Gasteiger partial charge is 0.0893 e. The minimum atomic E-state index is 1.13. The van der Waals surface area contributed by atoms with Crippen molar-refractivity contribution in [2.24, 2.45) is 0 Å². The fraction of sp³-hybridized carbons (Fsp3) is 0.667. The van der Waals surface area contributed by atoms with Gasteiger partial charge in [-0.25, -0.2) is 0 Å². The third-order valence-corrected chi connectivity index (χ3v) is 2.47. The molecular formula is C9H16N2S. The van der Waals surface area contributed by atoms with Crippen LogP contribution in [0.4, 0.5) is 0 Å². The van der Waals surface area contributed by atoms with Gasteiger partial charge in [0.1, 0.15) is 0 Å². The molecule has 0 amide bonds. The summed E-state index contributed by atoms with van der Waals surface area (Å²) in [4.78, 5) is 3.94. The molecule has 1 aliphatic rings. The van der Waals surface area contributed by atoms with Crippen molar-refractivity contribution in [2.45, 2.75) is 26.2 Å². The normalized spacial score (nSPS) is 16.4. The van der Waals surface area contributed by atoms with E-state index in [2.05, 4.69) is 10.3 Å². The quantitative estimate of drug-likeness (QED) is 0.668. The lowest BCUT2D eigenvalue weighted by Gasteiger charge is -2.08. The number of nitrogens with one attached hydrogen (secondary N) is 1. The van der Waals surface area contributed by atoms with E-state index in [0.29, 0.717) is 0 Å². The zero-order valence-electron chi connectivity index (χ0n) is 7.55. The SMILES string of the molecule is C1CCNCC1.Cc1nccs1. The molecule has 2 rings (SSSR count). The van der Waals surface area contributed by atoms with Crippen LogP contribution in [0.5, 0.6) is 0 Å². The molecule has 12 heavy (non-hydrogen) atoms. The highest BCUT2D eigenvalue weighted by atomic mass is 32.1. The van der Waals surface area contributed by atoms with Crippen LogP contribution in [0.15, 0.2) is 11.6 Å². The van der Waals surface area contributed by atoms with Gasteiger partial charge in [0, 0.05) is 11.6 Å². The van der Waals surface area contributed by atoms with E-state index >= 15 is 0 Å². The number of rotatable bonds is 0. The van der Waals surface area contributed by atoms with E-state index in [9.17, 15) is 0 Å². The summed E-state index contributed by atoms with van der Waals surface area (Å²) in [5, 5.41) is 6.39. The van der Waals surface area contributed by atoms with Crippen molar-refractivity contribution in [1.82, 2.24) is 10.3 Å². The highest BCUT2D eigenvalue weighted by molar-refractivity contribution is 7.09. The van der Waals surface area contributed by atoms with Gasteiger partial charge in [-0.05, 0) is 32.9 Å². The minimum Gasteiger partial charge on any atom is -0.317 e. The van der Waals surface area contributed by atoms with Crippen molar-refractivity contribution in [2.75, 3.05) is 13.1 Å². The maximum Gasteiger partial charge on any atom is 0.0893 e. The number of hydrogen-bond acceptors (Lipinski definition) is 3. The van der Waals surface area contributed by atoms with Crippen molar-refractivity contribution in [3.05, 3.63) is 16.6 Å². The first-order valence-corrected chi connectivity index (χ1v) is 5.34. The zero-order valence-corrected chi connectivity index (χ0v) is 8.36. The molecule has 2 nitrogen and oxygen atoms in total. The summed E-state index contributed by atoms with van der Waals surface area (Å²) in [5.41, 5.74) is 0. The summed E-state index contributed by atoms with van der Waals surface area (Å²) in [7, 11) is 0. The van der Waals surface area contributed by atoms with Crippen LogP contribution in [-0.2, 0) is 0 Å². The Morgan fingerprint density at radius 3 is 2.25 bits per heavy atom. The predicted octanol–water partition coefficient (Wildman–Crippen LogP) is 2.21. The van der Waals surface area contributed by atoms with Gasteiger partial charge < -0.3 is 5.32 Å². The topological polar surface area (TPSA) is 24.9 Å². The number of thiazole rings is 1. The Morgan fingerprint density at radius 2 is 2.08 bits per heavy atom. The summed E-state index contributed by atoms with van der Waals surface area (Å²) in [6.45, 7) is 4.49. The van der Waals surface area contributed by atoms with Crippen LogP contribution in [0.1, 0.15) is 24.3 Å². The maximum atomic E-state index is 3.94. The second kappa shape index (κ2) is 6.14. The first kappa shape index (κ1) is 9.68. The van der Waals surface area contributed by atoms with Gasteiger partial charge in [0.2, 0.25) is 0 Å². The molecule has 1 fully saturated rings. The van der Waals surface area contributed by atoms with Crippen LogP contribution in [0.2, 0.25) is 0 Å². The fourth-order valence-electron chi connectivity index (χ4n) is 1.10. The van der Waals surface area contributed by atoms with Crippen molar-refractivity contribution >= 4 is 11.3 Å². The summed E-state index contributed by atoms with van der Waals surface area (Å²) in [5.74, 6) is 0. The fourth-order valence-corrected chi connectivity index (χ4v) is 1.54. The van der Waals surface area contributed by atoms with Gasteiger partial charge in [0.15, 0.2) is 0 Å². The van der Waals surface area contributed by atoms with E-state index in [-0.39, 0.29) is 0 Å². The summed E-state index contributed by atoms with van der Waals surface area (Å²) >= 11 is 1.67. The first-order chi connectivity index (χ1) is 5.89. The highest BCUT2D eigenvalue weighted by Crippen LogP contribution is 1.98. The van der Waals surface area contributed by atoms with Crippen molar-refractivity contribution < 1.29 is 0 Å². The van der Waals surface area contributed by atoms with Gasteiger partial charge in [0.05, 0.1) is 5.01 Å². The molecule has 1 N–H and O–H groups in total. The maximum absolute atomic E-state index is 3.94. The molecule has 1 aromatic rings. The van der Waals surface area contributed by atoms with Gasteiger partial charge in [0.25, 0.3) is 0 Å². The molecule has 0 unspecified atom stereocenters. The number of piperidine rings is 1. The molecule has 68 valence electrons. The molecule has 1 aromatic heterocycles. The third kappa shape index (κ3) is 4.46. The standard InChI is InChI=1S/C5H11N.C4H5NS/c1-2-4-6-5-3-1;1-4-5-2-3-6-4/h6H,1-5H2;2-3H,1H3. The lowest BCUT2D eigenvalue weighted by atomic mass is 10.2. The Hall–Kier alpha value is -0.410. The van der Waals surface area contributed by atoms with Gasteiger partial charge in [-0.15, -0.1) is 11.3 Å². The molecule has 0 radical (unpaired) electrons. The summed E-state index contributed by atoms with van der Waals surface area (Å²) in [6.07, 6.45) is 6.02. The summed E-state index contributed by atoms with van der Waals surface area (Å²) < 4.78 is 0. The molecule has 1 aliphatic heterocycles. The number of aryl methyl sites for hydroxylation is 1. The molecule has 0 bridgehead atoms. The number of hydrogen-bond donors (Lipinski definition) is 1. The van der Waals surface area contributed by atoms with Crippen LogP contribution >= 0.6 is 11.3 Å². The highest BCUT2D eigenvalue weighted by Gasteiger charge is 1.93. The van der Waals surface area contributed by atoms with Crippen molar-refractivity contribution in [1.29, 1.82) is 0 Å². The van der Waals surface area contributed by atoms with E-state index in [4.69, 9.17) is 0 Å². The van der Waals surface area contributed by atoms with E-state index in [1.54, 1.807) is 17.5 Å². The molecule has 0 atom stereocenters. The Balaban J connectivity index is 0.000000120. The Bertz CT molecular complexity index is 169. The van der Waals surface area contributed by atoms with Gasteiger partial charge in [-0.2, -0.15) is 0 Å². The Labute approximate surface area is 78.0 Å². The van der Waals surface area contributed by atoms with Crippen molar-refractivity contribution in [3.8, 4) is 0 Å². The zero-order chi connectivity index (χ0) is 8.65.